The van der Waals surface area contributed by atoms with E-state index in [1.807, 2.05) is 7.05 Å². The molecule has 0 spiro atoms. The minimum atomic E-state index is -3.56. The summed E-state index contributed by atoms with van der Waals surface area (Å²) in [6.07, 6.45) is 2.69. The van der Waals surface area contributed by atoms with E-state index < -0.39 is 10.0 Å². The molecule has 0 N–H and O–H groups in total. The fourth-order valence-electron chi connectivity index (χ4n) is 2.70. The molecule has 0 amide bonds. The molecule has 3 heterocycles. The van der Waals surface area contributed by atoms with Crippen LogP contribution in [0.15, 0.2) is 23.4 Å². The molecule has 110 valence electrons. The van der Waals surface area contributed by atoms with Crippen molar-refractivity contribution in [2.75, 3.05) is 33.3 Å². The van der Waals surface area contributed by atoms with E-state index in [2.05, 4.69) is 9.88 Å². The number of nitrogens with zero attached hydrogens (tertiary/aromatic N) is 3. The summed E-state index contributed by atoms with van der Waals surface area (Å²) in [7, 11) is -1.57. The van der Waals surface area contributed by atoms with Crippen LogP contribution in [0, 0.1) is 0 Å². The molecule has 0 saturated carbocycles. The molecule has 2 aliphatic heterocycles. The maximum absolute atomic E-state index is 12.6. The first-order valence-electron chi connectivity index (χ1n) is 6.41. The van der Waals surface area contributed by atoms with Crippen molar-refractivity contribution in [3.05, 3.63) is 23.5 Å². The van der Waals surface area contributed by atoms with Gasteiger partial charge in [-0.2, -0.15) is 4.31 Å². The summed E-state index contributed by atoms with van der Waals surface area (Å²) in [6, 6.07) is 1.54. The van der Waals surface area contributed by atoms with Gasteiger partial charge in [0.25, 0.3) is 0 Å². The standard InChI is InChI=1S/C12H16ClN3O3S/c1-15-2-3-19-12-8-16(7-11(12)15)20(17,18)10-4-9(13)5-14-6-10/h4-6,11-12H,2-3,7-8H2,1H3/t11-,12+/m0/s1. The number of sulfonamides is 1. The van der Waals surface area contributed by atoms with Crippen LogP contribution in [0.1, 0.15) is 0 Å². The third kappa shape index (κ3) is 2.44. The molecule has 0 bridgehead atoms. The highest BCUT2D eigenvalue weighted by Crippen LogP contribution is 2.27. The summed E-state index contributed by atoms with van der Waals surface area (Å²) in [5.41, 5.74) is 0. The fraction of sp³-hybridized carbons (Fsp3) is 0.583. The molecule has 20 heavy (non-hydrogen) atoms. The summed E-state index contributed by atoms with van der Waals surface area (Å²) in [5, 5.41) is 0.316. The summed E-state index contributed by atoms with van der Waals surface area (Å²) < 4.78 is 32.3. The largest absolute Gasteiger partial charge is 0.374 e. The lowest BCUT2D eigenvalue weighted by Gasteiger charge is -2.33. The number of aromatic nitrogens is 1. The Labute approximate surface area is 123 Å². The number of pyridine rings is 1. The molecule has 0 aromatic carbocycles. The van der Waals surface area contributed by atoms with Gasteiger partial charge in [0.15, 0.2) is 0 Å². The lowest BCUT2D eigenvalue weighted by atomic mass is 10.1. The van der Waals surface area contributed by atoms with Gasteiger partial charge in [-0.3, -0.25) is 9.88 Å². The molecule has 2 aliphatic rings. The van der Waals surface area contributed by atoms with Crippen LogP contribution in [0.3, 0.4) is 0 Å². The van der Waals surface area contributed by atoms with E-state index in [0.717, 1.165) is 6.54 Å². The van der Waals surface area contributed by atoms with Gasteiger partial charge in [0.1, 0.15) is 4.90 Å². The number of hydrogen-bond donors (Lipinski definition) is 0. The molecule has 2 atom stereocenters. The van der Waals surface area contributed by atoms with E-state index in [-0.39, 0.29) is 17.0 Å². The second-order valence-electron chi connectivity index (χ2n) is 5.12. The molecule has 6 nitrogen and oxygen atoms in total. The third-order valence-electron chi connectivity index (χ3n) is 3.86. The van der Waals surface area contributed by atoms with Crippen LogP contribution in [0.4, 0.5) is 0 Å². The van der Waals surface area contributed by atoms with Crippen molar-refractivity contribution < 1.29 is 13.2 Å². The third-order valence-corrected chi connectivity index (χ3v) is 5.87. The zero-order chi connectivity index (χ0) is 14.3. The highest BCUT2D eigenvalue weighted by Gasteiger charge is 2.43. The molecule has 0 unspecified atom stereocenters. The zero-order valence-corrected chi connectivity index (χ0v) is 12.6. The van der Waals surface area contributed by atoms with Gasteiger partial charge in [-0.25, -0.2) is 8.42 Å². The summed E-state index contributed by atoms with van der Waals surface area (Å²) in [6.45, 7) is 2.29. The van der Waals surface area contributed by atoms with Crippen molar-refractivity contribution >= 4 is 21.6 Å². The average Bonchev–Trinajstić information content (AvgIpc) is 2.85. The predicted octanol–water partition coefficient (Wildman–Crippen LogP) is 0.439. The van der Waals surface area contributed by atoms with Crippen LogP contribution >= 0.6 is 11.6 Å². The van der Waals surface area contributed by atoms with Gasteiger partial charge in [0.2, 0.25) is 10.0 Å². The second-order valence-corrected chi connectivity index (χ2v) is 7.49. The molecular weight excluding hydrogens is 302 g/mol. The monoisotopic (exact) mass is 317 g/mol. The number of halogens is 1. The molecular formula is C12H16ClN3O3S. The minimum absolute atomic E-state index is 0.0596. The summed E-state index contributed by atoms with van der Waals surface area (Å²) in [5.74, 6) is 0. The van der Waals surface area contributed by atoms with Crippen molar-refractivity contribution in [1.82, 2.24) is 14.2 Å². The van der Waals surface area contributed by atoms with Gasteiger partial charge >= 0.3 is 0 Å². The number of fused-ring (bicyclic) bond motifs is 1. The van der Waals surface area contributed by atoms with Gasteiger partial charge in [-0.05, 0) is 13.1 Å². The number of hydrogen-bond acceptors (Lipinski definition) is 5. The van der Waals surface area contributed by atoms with E-state index in [9.17, 15) is 8.42 Å². The Morgan fingerprint density at radius 1 is 1.40 bits per heavy atom. The average molecular weight is 318 g/mol. The van der Waals surface area contributed by atoms with E-state index in [1.165, 1.54) is 22.8 Å². The Hall–Kier alpha value is -0.730. The van der Waals surface area contributed by atoms with Crippen molar-refractivity contribution in [3.8, 4) is 0 Å². The van der Waals surface area contributed by atoms with Crippen LogP contribution in [0.25, 0.3) is 0 Å². The molecule has 3 rings (SSSR count). The first-order chi connectivity index (χ1) is 9.48. The SMILES string of the molecule is CN1CCO[C@@H]2CN(S(=O)(=O)c3cncc(Cl)c3)C[C@@H]21. The first kappa shape index (κ1) is 14.2. The summed E-state index contributed by atoms with van der Waals surface area (Å²) in [4.78, 5) is 6.13. The van der Waals surface area contributed by atoms with Gasteiger partial charge < -0.3 is 4.74 Å². The van der Waals surface area contributed by atoms with Crippen LogP contribution in [-0.2, 0) is 14.8 Å². The van der Waals surface area contributed by atoms with Gasteiger partial charge in [-0.1, -0.05) is 11.6 Å². The molecule has 0 radical (unpaired) electrons. The van der Waals surface area contributed by atoms with Crippen LogP contribution < -0.4 is 0 Å². The van der Waals surface area contributed by atoms with E-state index >= 15 is 0 Å². The Kier molecular flexibility index (Phi) is 3.72. The number of likely N-dealkylation sites (N-methyl/N-ethyl adjacent to an activating group) is 1. The van der Waals surface area contributed by atoms with Crippen molar-refractivity contribution in [1.29, 1.82) is 0 Å². The summed E-state index contributed by atoms with van der Waals surface area (Å²) >= 11 is 5.82. The minimum Gasteiger partial charge on any atom is -0.374 e. The number of ether oxygens (including phenoxy) is 1. The number of morpholine rings is 1. The Balaban J connectivity index is 1.86. The first-order valence-corrected chi connectivity index (χ1v) is 8.23. The van der Waals surface area contributed by atoms with Gasteiger partial charge in [0, 0.05) is 32.0 Å². The molecule has 1 aromatic rings. The van der Waals surface area contributed by atoms with Crippen molar-refractivity contribution in [2.45, 2.75) is 17.0 Å². The van der Waals surface area contributed by atoms with Crippen LogP contribution in [0.2, 0.25) is 5.02 Å². The van der Waals surface area contributed by atoms with E-state index in [1.54, 1.807) is 0 Å². The highest BCUT2D eigenvalue weighted by molar-refractivity contribution is 7.89. The zero-order valence-electron chi connectivity index (χ0n) is 11.1. The lowest BCUT2D eigenvalue weighted by molar-refractivity contribution is -0.0366. The molecule has 1 aromatic heterocycles. The molecule has 0 aliphatic carbocycles. The second kappa shape index (κ2) is 5.23. The molecule has 2 fully saturated rings. The fourth-order valence-corrected chi connectivity index (χ4v) is 4.40. The Bertz CT molecular complexity index is 610. The smallest absolute Gasteiger partial charge is 0.244 e. The normalized spacial score (nSPS) is 28.5. The quantitative estimate of drug-likeness (QED) is 0.792. The number of rotatable bonds is 2. The van der Waals surface area contributed by atoms with Gasteiger partial charge in [-0.15, -0.1) is 0 Å². The Morgan fingerprint density at radius 2 is 2.20 bits per heavy atom. The van der Waals surface area contributed by atoms with E-state index in [0.29, 0.717) is 24.7 Å². The maximum Gasteiger partial charge on any atom is 0.244 e. The topological polar surface area (TPSA) is 62.7 Å². The predicted molar refractivity (Wildman–Crippen MR) is 74.2 cm³/mol. The van der Waals surface area contributed by atoms with Crippen molar-refractivity contribution in [2.24, 2.45) is 0 Å². The van der Waals surface area contributed by atoms with Crippen molar-refractivity contribution in [3.63, 3.8) is 0 Å². The molecule has 8 heteroatoms. The lowest BCUT2D eigenvalue weighted by Crippen LogP contribution is -2.48. The van der Waals surface area contributed by atoms with E-state index in [4.69, 9.17) is 16.3 Å². The van der Waals surface area contributed by atoms with Crippen LogP contribution in [0.5, 0.6) is 0 Å². The van der Waals surface area contributed by atoms with Crippen LogP contribution in [-0.4, -0.2) is 68.0 Å². The Morgan fingerprint density at radius 3 is 2.90 bits per heavy atom. The van der Waals surface area contributed by atoms with Gasteiger partial charge in [0.05, 0.1) is 23.8 Å². The maximum atomic E-state index is 12.6. The highest BCUT2D eigenvalue weighted by atomic mass is 35.5. The molecule has 2 saturated heterocycles.